The summed E-state index contributed by atoms with van der Waals surface area (Å²) in [6.45, 7) is 0.883. The predicted molar refractivity (Wildman–Crippen MR) is 128 cm³/mol. The summed E-state index contributed by atoms with van der Waals surface area (Å²) < 4.78 is 9.87. The van der Waals surface area contributed by atoms with Crippen molar-refractivity contribution in [3.05, 3.63) is 89.0 Å². The predicted octanol–water partition coefficient (Wildman–Crippen LogP) is 4.01. The van der Waals surface area contributed by atoms with Gasteiger partial charge in [-0.2, -0.15) is 0 Å². The second kappa shape index (κ2) is 10.1. The van der Waals surface area contributed by atoms with E-state index in [1.165, 1.54) is 7.11 Å². The normalized spacial score (nSPS) is 12.0. The fourth-order valence-electron chi connectivity index (χ4n) is 3.83. The summed E-state index contributed by atoms with van der Waals surface area (Å²) in [6, 6.07) is 19.0. The molecule has 3 amide bonds. The topological polar surface area (TPSA) is 97.0 Å². The van der Waals surface area contributed by atoms with Crippen molar-refractivity contribution in [2.45, 2.75) is 13.0 Å². The standard InChI is InChI=1S/C26H25N3O5/c1-33-22-10-8-19(9-11-22)24(30)29-13-12-18-7-6-17(14-23(18)29)16-27-26(32)28-21-5-3-4-20(15-21)25(31)34-2/h3-11,14-15H,12-13,16H2,1-2H3,(H2,27,28,32). The van der Waals surface area contributed by atoms with Crippen LogP contribution in [0.1, 0.15) is 31.8 Å². The van der Waals surface area contributed by atoms with Crippen LogP contribution in [0.4, 0.5) is 16.2 Å². The van der Waals surface area contributed by atoms with E-state index >= 15 is 0 Å². The lowest BCUT2D eigenvalue weighted by molar-refractivity contribution is 0.0600. The number of esters is 1. The second-order valence-corrected chi connectivity index (χ2v) is 7.78. The molecule has 0 saturated carbocycles. The van der Waals surface area contributed by atoms with Crippen LogP contribution in [0, 0.1) is 0 Å². The van der Waals surface area contributed by atoms with Gasteiger partial charge in [0.2, 0.25) is 0 Å². The quantitative estimate of drug-likeness (QED) is 0.543. The summed E-state index contributed by atoms with van der Waals surface area (Å²) in [5, 5.41) is 5.52. The van der Waals surface area contributed by atoms with Crippen molar-refractivity contribution in [3.63, 3.8) is 0 Å². The maximum Gasteiger partial charge on any atom is 0.337 e. The third-order valence-corrected chi connectivity index (χ3v) is 5.62. The fraction of sp³-hybridized carbons (Fsp3) is 0.192. The zero-order valence-corrected chi connectivity index (χ0v) is 19.0. The highest BCUT2D eigenvalue weighted by atomic mass is 16.5. The Morgan fingerprint density at radius 2 is 1.74 bits per heavy atom. The van der Waals surface area contributed by atoms with Gasteiger partial charge < -0.3 is 25.0 Å². The molecule has 4 rings (SSSR count). The van der Waals surface area contributed by atoms with Gasteiger partial charge in [0.05, 0.1) is 19.8 Å². The van der Waals surface area contributed by atoms with Crippen LogP contribution < -0.4 is 20.3 Å². The Morgan fingerprint density at radius 1 is 0.941 bits per heavy atom. The van der Waals surface area contributed by atoms with Crippen LogP contribution in [-0.4, -0.2) is 38.7 Å². The van der Waals surface area contributed by atoms with Crippen LogP contribution in [0.25, 0.3) is 0 Å². The summed E-state index contributed by atoms with van der Waals surface area (Å²) in [5.74, 6) is 0.146. The first-order chi connectivity index (χ1) is 16.5. The molecular formula is C26H25N3O5. The Labute approximate surface area is 197 Å². The number of nitrogens with zero attached hydrogens (tertiary/aromatic N) is 1. The summed E-state index contributed by atoms with van der Waals surface area (Å²) in [7, 11) is 2.89. The number of carbonyl (C=O) groups is 3. The van der Waals surface area contributed by atoms with Gasteiger partial charge in [0.15, 0.2) is 0 Å². The monoisotopic (exact) mass is 459 g/mol. The molecule has 0 aliphatic carbocycles. The highest BCUT2D eigenvalue weighted by molar-refractivity contribution is 6.07. The number of methoxy groups -OCH3 is 2. The summed E-state index contributed by atoms with van der Waals surface area (Å²) >= 11 is 0. The van der Waals surface area contributed by atoms with Crippen LogP contribution in [0.2, 0.25) is 0 Å². The smallest absolute Gasteiger partial charge is 0.337 e. The largest absolute Gasteiger partial charge is 0.497 e. The van der Waals surface area contributed by atoms with Crippen LogP contribution in [-0.2, 0) is 17.7 Å². The summed E-state index contributed by atoms with van der Waals surface area (Å²) in [5.41, 5.74) is 4.23. The molecule has 0 atom stereocenters. The minimum Gasteiger partial charge on any atom is -0.497 e. The van der Waals surface area contributed by atoms with E-state index in [2.05, 4.69) is 10.6 Å². The first-order valence-electron chi connectivity index (χ1n) is 10.8. The molecule has 0 saturated heterocycles. The van der Waals surface area contributed by atoms with Crippen molar-refractivity contribution in [3.8, 4) is 5.75 Å². The van der Waals surface area contributed by atoms with Crippen molar-refractivity contribution in [2.75, 3.05) is 31.0 Å². The number of carbonyl (C=O) groups excluding carboxylic acids is 3. The van der Waals surface area contributed by atoms with Crippen molar-refractivity contribution in [2.24, 2.45) is 0 Å². The number of urea groups is 1. The van der Waals surface area contributed by atoms with E-state index < -0.39 is 12.0 Å². The first-order valence-corrected chi connectivity index (χ1v) is 10.8. The van der Waals surface area contributed by atoms with Gasteiger partial charge in [-0.1, -0.05) is 18.2 Å². The number of amides is 3. The third kappa shape index (κ3) is 5.01. The second-order valence-electron chi connectivity index (χ2n) is 7.78. The molecule has 0 bridgehead atoms. The summed E-state index contributed by atoms with van der Waals surface area (Å²) in [4.78, 5) is 38.9. The molecule has 0 radical (unpaired) electrons. The van der Waals surface area contributed by atoms with E-state index in [0.29, 0.717) is 29.1 Å². The molecule has 8 heteroatoms. The maximum atomic E-state index is 13.1. The molecule has 0 spiro atoms. The molecule has 174 valence electrons. The minimum absolute atomic E-state index is 0.0743. The Balaban J connectivity index is 1.40. The maximum absolute atomic E-state index is 13.1. The van der Waals surface area contributed by atoms with E-state index in [4.69, 9.17) is 9.47 Å². The molecule has 1 aliphatic heterocycles. The number of benzene rings is 3. The van der Waals surface area contributed by atoms with Gasteiger partial charge in [-0.15, -0.1) is 0 Å². The van der Waals surface area contributed by atoms with Crippen LogP contribution in [0.3, 0.4) is 0 Å². The molecule has 0 unspecified atom stereocenters. The molecule has 1 heterocycles. The van der Waals surface area contributed by atoms with E-state index in [1.807, 2.05) is 18.2 Å². The van der Waals surface area contributed by atoms with Crippen molar-refractivity contribution in [1.82, 2.24) is 5.32 Å². The number of rotatable bonds is 6. The molecule has 0 fully saturated rings. The number of fused-ring (bicyclic) bond motifs is 1. The van der Waals surface area contributed by atoms with E-state index in [0.717, 1.165) is 23.2 Å². The lowest BCUT2D eigenvalue weighted by atomic mass is 10.1. The van der Waals surface area contributed by atoms with Gasteiger partial charge >= 0.3 is 12.0 Å². The fourth-order valence-corrected chi connectivity index (χ4v) is 3.83. The number of ether oxygens (including phenoxy) is 2. The van der Waals surface area contributed by atoms with E-state index in [1.54, 1.807) is 60.5 Å². The average molecular weight is 460 g/mol. The average Bonchev–Trinajstić information content (AvgIpc) is 3.30. The molecule has 1 aliphatic rings. The Kier molecular flexibility index (Phi) is 6.77. The molecule has 2 N–H and O–H groups in total. The van der Waals surface area contributed by atoms with Crippen LogP contribution in [0.15, 0.2) is 66.7 Å². The van der Waals surface area contributed by atoms with Gasteiger partial charge in [-0.3, -0.25) is 4.79 Å². The Hall–Kier alpha value is -4.33. The zero-order valence-electron chi connectivity index (χ0n) is 19.0. The van der Waals surface area contributed by atoms with Gasteiger partial charge in [0, 0.05) is 30.0 Å². The highest BCUT2D eigenvalue weighted by Crippen LogP contribution is 2.30. The van der Waals surface area contributed by atoms with Gasteiger partial charge in [0.1, 0.15) is 5.75 Å². The number of anilines is 2. The van der Waals surface area contributed by atoms with Crippen molar-refractivity contribution < 1.29 is 23.9 Å². The SMILES string of the molecule is COC(=O)c1cccc(NC(=O)NCc2ccc3c(c2)N(C(=O)c2ccc(OC)cc2)CC3)c1. The Bertz CT molecular complexity index is 1220. The molecule has 0 aromatic heterocycles. The lowest BCUT2D eigenvalue weighted by Crippen LogP contribution is -2.29. The third-order valence-electron chi connectivity index (χ3n) is 5.62. The van der Waals surface area contributed by atoms with Crippen molar-refractivity contribution >= 4 is 29.3 Å². The van der Waals surface area contributed by atoms with Crippen LogP contribution in [0.5, 0.6) is 5.75 Å². The molecular weight excluding hydrogens is 434 g/mol. The van der Waals surface area contributed by atoms with Crippen LogP contribution >= 0.6 is 0 Å². The van der Waals surface area contributed by atoms with E-state index in [-0.39, 0.29) is 12.5 Å². The van der Waals surface area contributed by atoms with E-state index in [9.17, 15) is 14.4 Å². The first kappa shape index (κ1) is 22.8. The zero-order chi connectivity index (χ0) is 24.1. The van der Waals surface area contributed by atoms with Gasteiger partial charge in [0.25, 0.3) is 5.91 Å². The number of nitrogens with one attached hydrogen (secondary N) is 2. The van der Waals surface area contributed by atoms with Gasteiger partial charge in [-0.25, -0.2) is 9.59 Å². The molecule has 3 aromatic rings. The number of hydrogen-bond acceptors (Lipinski definition) is 5. The minimum atomic E-state index is -0.476. The molecule has 34 heavy (non-hydrogen) atoms. The Morgan fingerprint density at radius 3 is 2.47 bits per heavy atom. The van der Waals surface area contributed by atoms with Gasteiger partial charge in [-0.05, 0) is 66.1 Å². The van der Waals surface area contributed by atoms with Crippen molar-refractivity contribution in [1.29, 1.82) is 0 Å². The molecule has 8 nitrogen and oxygen atoms in total. The number of hydrogen-bond donors (Lipinski definition) is 2. The molecule has 3 aromatic carbocycles. The lowest BCUT2D eigenvalue weighted by Gasteiger charge is -2.18. The highest BCUT2D eigenvalue weighted by Gasteiger charge is 2.26. The summed E-state index contributed by atoms with van der Waals surface area (Å²) in [6.07, 6.45) is 0.780.